The van der Waals surface area contributed by atoms with E-state index in [0.717, 1.165) is 19.2 Å². The molecule has 106 valence electrons. The Kier molecular flexibility index (Phi) is 5.41. The number of nitrogens with one attached hydrogen (secondary N) is 1. The molecular weight excluding hydrogens is 345 g/mol. The zero-order valence-corrected chi connectivity index (χ0v) is 12.2. The molecule has 19 heavy (non-hydrogen) atoms. The molecule has 6 nitrogen and oxygen atoms in total. The van der Waals surface area contributed by atoms with E-state index in [-0.39, 0.29) is 0 Å². The van der Waals surface area contributed by atoms with Gasteiger partial charge in [0.25, 0.3) is 0 Å². The predicted molar refractivity (Wildman–Crippen MR) is 67.7 cm³/mol. The first-order chi connectivity index (χ1) is 8.77. The molecule has 9 heteroatoms. The highest BCUT2D eigenvalue weighted by Crippen LogP contribution is 2.19. The van der Waals surface area contributed by atoms with Crippen molar-refractivity contribution in [3.63, 3.8) is 0 Å². The number of hydrogen-bond acceptors (Lipinski definition) is 4. The average molecular weight is 356 g/mol. The molecule has 1 unspecified atom stereocenters. The Morgan fingerprint density at radius 3 is 2.68 bits per heavy atom. The van der Waals surface area contributed by atoms with Crippen molar-refractivity contribution in [1.82, 2.24) is 4.72 Å². The second-order valence-corrected chi connectivity index (χ2v) is 6.14. The summed E-state index contributed by atoms with van der Waals surface area (Å²) in [7, 11) is -3.00. The molecule has 1 rings (SSSR count). The van der Waals surface area contributed by atoms with Crippen molar-refractivity contribution in [3.05, 3.63) is 28.5 Å². The van der Waals surface area contributed by atoms with E-state index in [1.165, 1.54) is 6.07 Å². The lowest BCUT2D eigenvalue weighted by Gasteiger charge is -2.12. The Labute approximate surface area is 117 Å². The first kappa shape index (κ1) is 16.0. The van der Waals surface area contributed by atoms with E-state index in [4.69, 9.17) is 5.11 Å². The molecule has 0 aliphatic heterocycles. The van der Waals surface area contributed by atoms with Crippen molar-refractivity contribution in [3.8, 4) is 0 Å². The smallest absolute Gasteiger partial charge is 0.334 e. The highest BCUT2D eigenvalue weighted by molar-refractivity contribution is 9.10. The molecular formula is C10H11BrFNO5S. The van der Waals surface area contributed by atoms with Gasteiger partial charge in [0.1, 0.15) is 10.7 Å². The van der Waals surface area contributed by atoms with Gasteiger partial charge in [-0.05, 0) is 18.2 Å². The van der Waals surface area contributed by atoms with Crippen LogP contribution < -0.4 is 4.72 Å². The van der Waals surface area contributed by atoms with Crippen molar-refractivity contribution in [2.75, 3.05) is 13.7 Å². The number of carboxylic acid groups (broad SMARTS) is 1. The fourth-order valence-electron chi connectivity index (χ4n) is 1.23. The molecule has 0 radical (unpaired) electrons. The summed E-state index contributed by atoms with van der Waals surface area (Å²) in [6, 6.07) is 3.44. The summed E-state index contributed by atoms with van der Waals surface area (Å²) < 4.78 is 44.0. The minimum atomic E-state index is -4.14. The van der Waals surface area contributed by atoms with Crippen molar-refractivity contribution >= 4 is 31.9 Å². The lowest BCUT2D eigenvalue weighted by molar-refractivity contribution is -0.147. The third-order valence-corrected chi connectivity index (χ3v) is 4.15. The van der Waals surface area contributed by atoms with Gasteiger partial charge in [0.15, 0.2) is 6.10 Å². The number of methoxy groups -OCH3 is 1. The van der Waals surface area contributed by atoms with Gasteiger partial charge in [-0.25, -0.2) is 22.3 Å². The van der Waals surface area contributed by atoms with Crippen LogP contribution in [0.15, 0.2) is 27.6 Å². The van der Waals surface area contributed by atoms with Gasteiger partial charge >= 0.3 is 5.97 Å². The molecule has 0 heterocycles. The second kappa shape index (κ2) is 6.42. The van der Waals surface area contributed by atoms with Crippen molar-refractivity contribution in [2.45, 2.75) is 11.0 Å². The van der Waals surface area contributed by atoms with E-state index in [9.17, 15) is 17.6 Å². The average Bonchev–Trinajstić information content (AvgIpc) is 2.28. The van der Waals surface area contributed by atoms with Gasteiger partial charge in [-0.3, -0.25) is 0 Å². The van der Waals surface area contributed by atoms with Gasteiger partial charge < -0.3 is 9.84 Å². The highest BCUT2D eigenvalue weighted by Gasteiger charge is 2.23. The van der Waals surface area contributed by atoms with Crippen LogP contribution in [-0.2, 0) is 19.6 Å². The summed E-state index contributed by atoms with van der Waals surface area (Å²) in [6.07, 6.45) is -1.34. The van der Waals surface area contributed by atoms with Gasteiger partial charge in [-0.15, -0.1) is 0 Å². The lowest BCUT2D eigenvalue weighted by atomic mass is 10.3. The number of halogens is 2. The largest absolute Gasteiger partial charge is 0.479 e. The molecule has 0 aromatic heterocycles. The number of rotatable bonds is 6. The molecule has 0 spiro atoms. The molecule has 1 atom stereocenters. The fraction of sp³-hybridized carbons (Fsp3) is 0.300. The van der Waals surface area contributed by atoms with Crippen LogP contribution in [0.3, 0.4) is 0 Å². The van der Waals surface area contributed by atoms with Crippen LogP contribution in [0.2, 0.25) is 0 Å². The highest BCUT2D eigenvalue weighted by atomic mass is 79.9. The van der Waals surface area contributed by atoms with Crippen LogP contribution in [0.5, 0.6) is 0 Å². The lowest BCUT2D eigenvalue weighted by Crippen LogP contribution is -2.38. The standard InChI is InChI=1S/C10H11BrFNO5S/c1-18-8(10(14)15)5-13-19(16,17)9-3-2-6(11)4-7(9)12/h2-4,8,13H,5H2,1H3,(H,14,15). The molecule has 0 saturated heterocycles. The third kappa shape index (κ3) is 4.23. The number of ether oxygens (including phenoxy) is 1. The number of carboxylic acids is 1. The predicted octanol–water partition coefficient (Wildman–Crippen LogP) is 0.966. The van der Waals surface area contributed by atoms with E-state index < -0.39 is 39.4 Å². The molecule has 0 aliphatic rings. The number of sulfonamides is 1. The Morgan fingerprint density at radius 2 is 2.21 bits per heavy atom. The van der Waals surface area contributed by atoms with E-state index in [1.54, 1.807) is 0 Å². The maximum atomic E-state index is 13.5. The minimum Gasteiger partial charge on any atom is -0.479 e. The van der Waals surface area contributed by atoms with Crippen molar-refractivity contribution < 1.29 is 27.4 Å². The Morgan fingerprint density at radius 1 is 1.58 bits per heavy atom. The van der Waals surface area contributed by atoms with E-state index in [0.29, 0.717) is 4.47 Å². The molecule has 0 aliphatic carbocycles. The zero-order valence-electron chi connectivity index (χ0n) is 9.76. The third-order valence-electron chi connectivity index (χ3n) is 2.20. The van der Waals surface area contributed by atoms with Crippen LogP contribution in [0.1, 0.15) is 0 Å². The molecule has 1 aromatic carbocycles. The first-order valence-corrected chi connectivity index (χ1v) is 7.26. The summed E-state index contributed by atoms with van der Waals surface area (Å²) in [5, 5.41) is 8.69. The van der Waals surface area contributed by atoms with Crippen molar-refractivity contribution in [1.29, 1.82) is 0 Å². The zero-order chi connectivity index (χ0) is 14.6. The minimum absolute atomic E-state index is 0.393. The summed E-state index contributed by atoms with van der Waals surface area (Å²) in [4.78, 5) is 10.1. The maximum absolute atomic E-state index is 13.5. The molecule has 0 saturated carbocycles. The first-order valence-electron chi connectivity index (χ1n) is 4.98. The van der Waals surface area contributed by atoms with Crippen LogP contribution in [0, 0.1) is 5.82 Å². The van der Waals surface area contributed by atoms with E-state index in [1.807, 2.05) is 4.72 Å². The maximum Gasteiger partial charge on any atom is 0.334 e. The van der Waals surface area contributed by atoms with Crippen LogP contribution in [-0.4, -0.2) is 39.3 Å². The molecule has 0 fully saturated rings. The summed E-state index contributed by atoms with van der Waals surface area (Å²) in [5.74, 6) is -2.26. The second-order valence-electron chi connectivity index (χ2n) is 3.49. The monoisotopic (exact) mass is 355 g/mol. The number of hydrogen-bond donors (Lipinski definition) is 2. The van der Waals surface area contributed by atoms with Gasteiger partial charge in [-0.2, -0.15) is 0 Å². The molecule has 0 amide bonds. The van der Waals surface area contributed by atoms with Gasteiger partial charge in [0.2, 0.25) is 10.0 Å². The Bertz CT molecular complexity index is 577. The number of benzene rings is 1. The summed E-state index contributed by atoms with van der Waals surface area (Å²) in [5.41, 5.74) is 0. The summed E-state index contributed by atoms with van der Waals surface area (Å²) >= 11 is 3.00. The molecule has 2 N–H and O–H groups in total. The quantitative estimate of drug-likeness (QED) is 0.792. The Hall–Kier alpha value is -1.03. The van der Waals surface area contributed by atoms with E-state index >= 15 is 0 Å². The van der Waals surface area contributed by atoms with Gasteiger partial charge in [0, 0.05) is 18.1 Å². The molecule has 0 bridgehead atoms. The normalized spacial score (nSPS) is 13.2. The Balaban J connectivity index is 2.90. The summed E-state index contributed by atoms with van der Waals surface area (Å²) in [6.45, 7) is -0.496. The van der Waals surface area contributed by atoms with Crippen molar-refractivity contribution in [2.24, 2.45) is 0 Å². The van der Waals surface area contributed by atoms with Crippen LogP contribution in [0.4, 0.5) is 4.39 Å². The SMILES string of the molecule is COC(CNS(=O)(=O)c1ccc(Br)cc1F)C(=O)O. The number of carbonyl (C=O) groups is 1. The van der Waals surface area contributed by atoms with Gasteiger partial charge in [0.05, 0.1) is 0 Å². The van der Waals surface area contributed by atoms with E-state index in [2.05, 4.69) is 20.7 Å². The fourth-order valence-corrected chi connectivity index (χ4v) is 2.65. The van der Waals surface area contributed by atoms with Crippen LogP contribution in [0.25, 0.3) is 0 Å². The topological polar surface area (TPSA) is 92.7 Å². The molecule has 1 aromatic rings. The van der Waals surface area contributed by atoms with Crippen LogP contribution >= 0.6 is 15.9 Å². The van der Waals surface area contributed by atoms with Gasteiger partial charge in [-0.1, -0.05) is 15.9 Å². The number of aliphatic carboxylic acids is 1.